The molecule has 0 aromatic heterocycles. The number of hydrogen-bond acceptors (Lipinski definition) is 4. The normalized spacial score (nSPS) is 16.7. The van der Waals surface area contributed by atoms with Gasteiger partial charge in [-0.25, -0.2) is 4.90 Å². The molecule has 27 heavy (non-hydrogen) atoms. The first-order valence-electron chi connectivity index (χ1n) is 7.84. The molecule has 5 nitrogen and oxygen atoms in total. The van der Waals surface area contributed by atoms with Gasteiger partial charge in [-0.05, 0) is 36.4 Å². The van der Waals surface area contributed by atoms with Gasteiger partial charge in [-0.15, -0.1) is 11.8 Å². The van der Waals surface area contributed by atoms with E-state index in [1.54, 1.807) is 36.4 Å². The minimum Gasteiger partial charge on any atom is -0.325 e. The van der Waals surface area contributed by atoms with Crippen molar-refractivity contribution in [3.05, 3.63) is 57.5 Å². The van der Waals surface area contributed by atoms with Crippen LogP contribution in [0.3, 0.4) is 0 Å². The molecular weight excluding hydrogens is 431 g/mol. The van der Waals surface area contributed by atoms with E-state index < -0.39 is 5.25 Å². The van der Waals surface area contributed by atoms with Gasteiger partial charge in [-0.3, -0.25) is 14.4 Å². The van der Waals surface area contributed by atoms with E-state index in [4.69, 9.17) is 34.8 Å². The van der Waals surface area contributed by atoms with Crippen molar-refractivity contribution < 1.29 is 14.4 Å². The Morgan fingerprint density at radius 1 is 1.11 bits per heavy atom. The summed E-state index contributed by atoms with van der Waals surface area (Å²) in [5, 5.41) is 3.22. The molecule has 9 heteroatoms. The fraction of sp³-hybridized carbons (Fsp3) is 0.167. The molecule has 1 aliphatic rings. The molecule has 1 aliphatic heterocycles. The van der Waals surface area contributed by atoms with Crippen molar-refractivity contribution in [3.8, 4) is 0 Å². The smallest absolute Gasteiger partial charge is 0.247 e. The van der Waals surface area contributed by atoms with Crippen LogP contribution in [0.15, 0.2) is 42.5 Å². The maximum atomic E-state index is 12.6. The second-order valence-electron chi connectivity index (χ2n) is 5.73. The summed E-state index contributed by atoms with van der Waals surface area (Å²) in [6.07, 6.45) is 0.0378. The van der Waals surface area contributed by atoms with Gasteiger partial charge in [0.15, 0.2) is 0 Å². The van der Waals surface area contributed by atoms with E-state index in [-0.39, 0.29) is 29.9 Å². The Labute approximate surface area is 174 Å². The molecule has 1 atom stereocenters. The fourth-order valence-corrected chi connectivity index (χ4v) is 3.98. The van der Waals surface area contributed by atoms with E-state index in [0.29, 0.717) is 26.4 Å². The number of imide groups is 1. The summed E-state index contributed by atoms with van der Waals surface area (Å²) in [6.45, 7) is 0. The summed E-state index contributed by atoms with van der Waals surface area (Å²) >= 11 is 18.8. The molecule has 0 bridgehead atoms. The summed E-state index contributed by atoms with van der Waals surface area (Å²) in [5.74, 6) is -0.952. The molecule has 2 aromatic carbocycles. The van der Waals surface area contributed by atoms with E-state index in [1.807, 2.05) is 0 Å². The predicted octanol–water partition coefficient (Wildman–Crippen LogP) is 4.65. The lowest BCUT2D eigenvalue weighted by molar-refractivity contribution is -0.121. The Kier molecular flexibility index (Phi) is 6.32. The first-order chi connectivity index (χ1) is 12.8. The molecular formula is C18H13Cl3N2O3S. The fourth-order valence-electron chi connectivity index (χ4n) is 2.57. The summed E-state index contributed by atoms with van der Waals surface area (Å²) in [7, 11) is 0. The summed E-state index contributed by atoms with van der Waals surface area (Å²) in [5.41, 5.74) is 0.935. The van der Waals surface area contributed by atoms with Crippen molar-refractivity contribution in [2.24, 2.45) is 0 Å². The monoisotopic (exact) mass is 442 g/mol. The van der Waals surface area contributed by atoms with Crippen LogP contribution in [0.5, 0.6) is 0 Å². The maximum absolute atomic E-state index is 12.6. The minimum absolute atomic E-state index is 0.0211. The Morgan fingerprint density at radius 3 is 2.59 bits per heavy atom. The Hall–Kier alpha value is -1.73. The van der Waals surface area contributed by atoms with Crippen molar-refractivity contribution in [1.29, 1.82) is 0 Å². The number of carbonyl (C=O) groups is 3. The molecule has 0 saturated carbocycles. The summed E-state index contributed by atoms with van der Waals surface area (Å²) in [6, 6.07) is 11.3. The van der Waals surface area contributed by atoms with Crippen LogP contribution in [-0.2, 0) is 14.4 Å². The van der Waals surface area contributed by atoms with E-state index in [1.165, 1.54) is 6.07 Å². The average molecular weight is 444 g/mol. The molecule has 2 aromatic rings. The Bertz CT molecular complexity index is 922. The third kappa shape index (κ3) is 4.76. The lowest BCUT2D eigenvalue weighted by Gasteiger charge is -2.15. The second-order valence-corrected chi connectivity index (χ2v) is 8.17. The largest absolute Gasteiger partial charge is 0.325 e. The van der Waals surface area contributed by atoms with Crippen LogP contribution >= 0.6 is 46.6 Å². The number of anilines is 2. The van der Waals surface area contributed by atoms with Crippen LogP contribution in [0.1, 0.15) is 6.42 Å². The SMILES string of the molecule is O=C(CS[C@H]1CC(=O)N(c2cccc(Cl)c2)C1=O)Nc1ccc(Cl)c(Cl)c1. The van der Waals surface area contributed by atoms with Crippen LogP contribution in [0.4, 0.5) is 11.4 Å². The molecule has 3 amide bonds. The highest BCUT2D eigenvalue weighted by Gasteiger charge is 2.40. The first-order valence-corrected chi connectivity index (χ1v) is 10.0. The topological polar surface area (TPSA) is 66.5 Å². The molecule has 140 valence electrons. The van der Waals surface area contributed by atoms with Crippen molar-refractivity contribution in [1.82, 2.24) is 0 Å². The standard InChI is InChI=1S/C18H13Cl3N2O3S/c19-10-2-1-3-12(6-10)23-17(25)8-15(18(23)26)27-9-16(24)22-11-4-5-13(20)14(21)7-11/h1-7,15H,8-9H2,(H,22,24)/t15-/m0/s1. The predicted molar refractivity (Wildman–Crippen MR) is 110 cm³/mol. The molecule has 0 unspecified atom stereocenters. The molecule has 1 N–H and O–H groups in total. The third-order valence-electron chi connectivity index (χ3n) is 3.79. The van der Waals surface area contributed by atoms with E-state index in [2.05, 4.69) is 5.32 Å². The molecule has 1 saturated heterocycles. The Morgan fingerprint density at radius 2 is 1.89 bits per heavy atom. The van der Waals surface area contributed by atoms with Gasteiger partial charge in [-0.2, -0.15) is 0 Å². The van der Waals surface area contributed by atoms with Crippen molar-refractivity contribution in [2.75, 3.05) is 16.0 Å². The average Bonchev–Trinajstić information content (AvgIpc) is 2.90. The van der Waals surface area contributed by atoms with Gasteiger partial charge in [0.1, 0.15) is 0 Å². The highest BCUT2D eigenvalue weighted by molar-refractivity contribution is 8.01. The molecule has 1 fully saturated rings. The summed E-state index contributed by atoms with van der Waals surface area (Å²) < 4.78 is 0. The molecule has 0 radical (unpaired) electrons. The van der Waals surface area contributed by atoms with Crippen LogP contribution < -0.4 is 10.2 Å². The van der Waals surface area contributed by atoms with Crippen LogP contribution in [0.2, 0.25) is 15.1 Å². The zero-order valence-electron chi connectivity index (χ0n) is 13.7. The second kappa shape index (κ2) is 8.52. The van der Waals surface area contributed by atoms with Crippen LogP contribution in [0, 0.1) is 0 Å². The van der Waals surface area contributed by atoms with E-state index >= 15 is 0 Å². The number of halogens is 3. The van der Waals surface area contributed by atoms with Crippen molar-refractivity contribution in [2.45, 2.75) is 11.7 Å². The number of thioether (sulfide) groups is 1. The van der Waals surface area contributed by atoms with E-state index in [0.717, 1.165) is 16.7 Å². The number of hydrogen-bond donors (Lipinski definition) is 1. The zero-order chi connectivity index (χ0) is 19.6. The highest BCUT2D eigenvalue weighted by Crippen LogP contribution is 2.31. The van der Waals surface area contributed by atoms with Gasteiger partial charge in [0.2, 0.25) is 17.7 Å². The van der Waals surface area contributed by atoms with Crippen LogP contribution in [0.25, 0.3) is 0 Å². The number of nitrogens with one attached hydrogen (secondary N) is 1. The van der Waals surface area contributed by atoms with Gasteiger partial charge >= 0.3 is 0 Å². The maximum Gasteiger partial charge on any atom is 0.247 e. The molecule has 1 heterocycles. The highest BCUT2D eigenvalue weighted by atomic mass is 35.5. The van der Waals surface area contributed by atoms with Crippen molar-refractivity contribution >= 4 is 75.7 Å². The van der Waals surface area contributed by atoms with Gasteiger partial charge in [-0.1, -0.05) is 40.9 Å². The van der Waals surface area contributed by atoms with Gasteiger partial charge in [0, 0.05) is 17.1 Å². The van der Waals surface area contributed by atoms with Crippen LogP contribution in [-0.4, -0.2) is 28.7 Å². The quantitative estimate of drug-likeness (QED) is 0.683. The molecule has 3 rings (SSSR count). The van der Waals surface area contributed by atoms with Gasteiger partial charge in [0.25, 0.3) is 0 Å². The summed E-state index contributed by atoms with van der Waals surface area (Å²) in [4.78, 5) is 38.0. The third-order valence-corrected chi connectivity index (χ3v) is 5.96. The number of rotatable bonds is 5. The van der Waals surface area contributed by atoms with E-state index in [9.17, 15) is 14.4 Å². The number of benzene rings is 2. The van der Waals surface area contributed by atoms with Gasteiger partial charge < -0.3 is 5.32 Å². The van der Waals surface area contributed by atoms with Gasteiger partial charge in [0.05, 0.1) is 26.7 Å². The number of amides is 3. The lowest BCUT2D eigenvalue weighted by Crippen LogP contribution is -2.31. The molecule has 0 spiro atoms. The van der Waals surface area contributed by atoms with Crippen molar-refractivity contribution in [3.63, 3.8) is 0 Å². The first kappa shape index (κ1) is 20.0. The molecule has 0 aliphatic carbocycles. The number of nitrogens with zero attached hydrogens (tertiary/aromatic N) is 1. The lowest BCUT2D eigenvalue weighted by atomic mass is 10.3. The minimum atomic E-state index is -0.615. The Balaban J connectivity index is 1.59. The zero-order valence-corrected chi connectivity index (χ0v) is 16.8. The number of carbonyl (C=O) groups excluding carboxylic acids is 3.